The highest BCUT2D eigenvalue weighted by molar-refractivity contribution is 6.16. The molecule has 2 aliphatic rings. The second kappa shape index (κ2) is 9.78. The van der Waals surface area contributed by atoms with Gasteiger partial charge in [0.05, 0.1) is 37.9 Å². The molecule has 0 radical (unpaired) electrons. The number of fused-ring (bicyclic) bond motifs is 3. The largest absolute Gasteiger partial charge is 0.493 e. The van der Waals surface area contributed by atoms with Crippen LogP contribution in [0.5, 0.6) is 11.5 Å². The third-order valence-corrected chi connectivity index (χ3v) is 6.86. The molecule has 2 heterocycles. The molecule has 5 rings (SSSR count). The van der Waals surface area contributed by atoms with Crippen molar-refractivity contribution in [3.05, 3.63) is 82.8 Å². The van der Waals surface area contributed by atoms with Gasteiger partial charge >= 0.3 is 5.91 Å². The highest BCUT2D eigenvalue weighted by Gasteiger charge is 2.34. The summed E-state index contributed by atoms with van der Waals surface area (Å²) in [6, 6.07) is 15.8. The van der Waals surface area contributed by atoms with Crippen LogP contribution in [-0.2, 0) is 0 Å². The Kier molecular flexibility index (Phi) is 6.40. The number of carbonyl (C=O) groups excluding carboxylic acids is 1. The maximum Gasteiger partial charge on any atom is 0.307 e. The van der Waals surface area contributed by atoms with Gasteiger partial charge in [-0.05, 0) is 61.2 Å². The summed E-state index contributed by atoms with van der Waals surface area (Å²) < 4.78 is 16.4. The van der Waals surface area contributed by atoms with E-state index < -0.39 is 0 Å². The lowest BCUT2D eigenvalue weighted by Gasteiger charge is -2.35. The number of amides is 1. The standard InChI is InChI=1S/C28H29N3O4/c1-17(30-31-28(32)24-12-7-13-35-24)18-8-6-9-19(14-18)27-22-16-26(34-3)25(33-2)15-21(22)20-10-4-5-11-23(20)29-27/h6-9,12-16,20,23H,4-5,10-11H2,1-3H3,(H,31,32)/t20-,23-/m1/s1. The lowest BCUT2D eigenvalue weighted by atomic mass is 9.75. The Labute approximate surface area is 204 Å². The van der Waals surface area contributed by atoms with Gasteiger partial charge in [-0.2, -0.15) is 5.10 Å². The molecule has 1 aliphatic carbocycles. The predicted molar refractivity (Wildman–Crippen MR) is 135 cm³/mol. The first-order valence-corrected chi connectivity index (χ1v) is 11.9. The van der Waals surface area contributed by atoms with E-state index in [4.69, 9.17) is 18.9 Å². The van der Waals surface area contributed by atoms with Gasteiger partial charge in [0.1, 0.15) is 0 Å². The van der Waals surface area contributed by atoms with Crippen LogP contribution in [0.2, 0.25) is 0 Å². The molecule has 0 saturated heterocycles. The highest BCUT2D eigenvalue weighted by atomic mass is 16.5. The van der Waals surface area contributed by atoms with Crippen molar-refractivity contribution in [2.75, 3.05) is 14.2 Å². The minimum absolute atomic E-state index is 0.217. The molecule has 7 nitrogen and oxygen atoms in total. The van der Waals surface area contributed by atoms with E-state index >= 15 is 0 Å². The van der Waals surface area contributed by atoms with Crippen molar-refractivity contribution >= 4 is 17.3 Å². The molecule has 0 spiro atoms. The molecule has 7 heteroatoms. The SMILES string of the molecule is COc1cc2c(cc1OC)[C@H]1CCCC[C@H]1N=C2c1cccc(C(C)=NNC(=O)c2ccco2)c1. The molecule has 1 amide bonds. The zero-order valence-corrected chi connectivity index (χ0v) is 20.2. The van der Waals surface area contributed by atoms with Gasteiger partial charge in [0, 0.05) is 17.0 Å². The van der Waals surface area contributed by atoms with Gasteiger partial charge in [0.2, 0.25) is 0 Å². The van der Waals surface area contributed by atoms with Crippen LogP contribution >= 0.6 is 0 Å². The van der Waals surface area contributed by atoms with E-state index in [2.05, 4.69) is 34.8 Å². The fourth-order valence-corrected chi connectivity index (χ4v) is 5.05. The number of ether oxygens (including phenoxy) is 2. The van der Waals surface area contributed by atoms with E-state index in [1.165, 1.54) is 24.7 Å². The van der Waals surface area contributed by atoms with Gasteiger partial charge in [-0.25, -0.2) is 5.43 Å². The van der Waals surface area contributed by atoms with E-state index in [0.29, 0.717) is 17.4 Å². The van der Waals surface area contributed by atoms with Crippen molar-refractivity contribution in [1.82, 2.24) is 5.43 Å². The van der Waals surface area contributed by atoms with Gasteiger partial charge in [0.15, 0.2) is 17.3 Å². The summed E-state index contributed by atoms with van der Waals surface area (Å²) in [7, 11) is 3.33. The molecule has 35 heavy (non-hydrogen) atoms. The molecule has 1 aromatic heterocycles. The molecular formula is C28H29N3O4. The number of benzene rings is 2. The van der Waals surface area contributed by atoms with Crippen molar-refractivity contribution in [2.24, 2.45) is 10.1 Å². The minimum atomic E-state index is -0.388. The molecule has 0 unspecified atom stereocenters. The quantitative estimate of drug-likeness (QED) is 0.389. The minimum Gasteiger partial charge on any atom is -0.493 e. The molecule has 1 N–H and O–H groups in total. The monoisotopic (exact) mass is 471 g/mol. The van der Waals surface area contributed by atoms with Crippen LogP contribution in [-0.4, -0.2) is 37.6 Å². The van der Waals surface area contributed by atoms with Crippen molar-refractivity contribution < 1.29 is 18.7 Å². The second-order valence-corrected chi connectivity index (χ2v) is 8.93. The normalized spacial score (nSPS) is 19.3. The first-order chi connectivity index (χ1) is 17.1. The van der Waals surface area contributed by atoms with Crippen LogP contribution < -0.4 is 14.9 Å². The number of hydrogen-bond acceptors (Lipinski definition) is 6. The second-order valence-electron chi connectivity index (χ2n) is 8.93. The Morgan fingerprint density at radius 1 is 1.06 bits per heavy atom. The summed E-state index contributed by atoms with van der Waals surface area (Å²) in [5.41, 5.74) is 8.47. The van der Waals surface area contributed by atoms with E-state index in [0.717, 1.165) is 41.0 Å². The fourth-order valence-electron chi connectivity index (χ4n) is 5.05. The van der Waals surface area contributed by atoms with Gasteiger partial charge in [0.25, 0.3) is 0 Å². The zero-order valence-electron chi connectivity index (χ0n) is 20.2. The van der Waals surface area contributed by atoms with Crippen LogP contribution in [0.3, 0.4) is 0 Å². The maximum absolute atomic E-state index is 12.2. The smallest absolute Gasteiger partial charge is 0.307 e. The predicted octanol–water partition coefficient (Wildman–Crippen LogP) is 5.33. The van der Waals surface area contributed by atoms with E-state index in [1.54, 1.807) is 26.4 Å². The molecule has 2 aromatic carbocycles. The number of carbonyl (C=O) groups is 1. The van der Waals surface area contributed by atoms with Gasteiger partial charge < -0.3 is 13.9 Å². The number of methoxy groups -OCH3 is 2. The summed E-state index contributed by atoms with van der Waals surface area (Å²) in [4.78, 5) is 17.4. The van der Waals surface area contributed by atoms with Gasteiger partial charge in [-0.1, -0.05) is 31.0 Å². The first kappa shape index (κ1) is 22.9. The lowest BCUT2D eigenvalue weighted by molar-refractivity contribution is 0.0927. The Bertz CT molecular complexity index is 1290. The van der Waals surface area contributed by atoms with E-state index in [1.807, 2.05) is 19.1 Å². The van der Waals surface area contributed by atoms with E-state index in [9.17, 15) is 4.79 Å². The number of nitrogens with zero attached hydrogens (tertiary/aromatic N) is 2. The summed E-state index contributed by atoms with van der Waals surface area (Å²) in [5.74, 6) is 1.67. The van der Waals surface area contributed by atoms with Gasteiger partial charge in [-0.15, -0.1) is 0 Å². The summed E-state index contributed by atoms with van der Waals surface area (Å²) >= 11 is 0. The fraction of sp³-hybridized carbons (Fsp3) is 0.321. The average Bonchev–Trinajstić information content (AvgIpc) is 3.45. The maximum atomic E-state index is 12.2. The van der Waals surface area contributed by atoms with Gasteiger partial charge in [-0.3, -0.25) is 9.79 Å². The molecule has 1 fully saturated rings. The molecule has 3 aromatic rings. The van der Waals surface area contributed by atoms with E-state index in [-0.39, 0.29) is 17.7 Å². The molecule has 1 saturated carbocycles. The highest BCUT2D eigenvalue weighted by Crippen LogP contribution is 2.44. The van der Waals surface area contributed by atoms with Crippen molar-refractivity contribution in [2.45, 2.75) is 44.6 Å². The lowest BCUT2D eigenvalue weighted by Crippen LogP contribution is -2.29. The molecule has 2 atom stereocenters. The summed E-state index contributed by atoms with van der Waals surface area (Å²) in [6.45, 7) is 1.86. The van der Waals surface area contributed by atoms with Crippen LogP contribution in [0.25, 0.3) is 0 Å². The number of aliphatic imine (C=N–C) groups is 1. The van der Waals surface area contributed by atoms with Crippen LogP contribution in [0.15, 0.2) is 69.3 Å². The Hall–Kier alpha value is -3.87. The summed E-state index contributed by atoms with van der Waals surface area (Å²) in [6.07, 6.45) is 6.08. The summed E-state index contributed by atoms with van der Waals surface area (Å²) in [5, 5.41) is 4.28. The van der Waals surface area contributed by atoms with Crippen LogP contribution in [0.4, 0.5) is 0 Å². The molecule has 0 bridgehead atoms. The Balaban J connectivity index is 1.51. The Morgan fingerprint density at radius 3 is 2.63 bits per heavy atom. The molecular weight excluding hydrogens is 442 g/mol. The number of nitrogens with one attached hydrogen (secondary N) is 1. The third-order valence-electron chi connectivity index (χ3n) is 6.86. The molecule has 1 aliphatic heterocycles. The Morgan fingerprint density at radius 2 is 1.86 bits per heavy atom. The number of furan rings is 1. The van der Waals surface area contributed by atoms with Crippen LogP contribution in [0.1, 0.15) is 71.3 Å². The number of rotatable bonds is 6. The third kappa shape index (κ3) is 4.46. The first-order valence-electron chi connectivity index (χ1n) is 11.9. The zero-order chi connectivity index (χ0) is 24.4. The van der Waals surface area contributed by atoms with Crippen molar-refractivity contribution in [3.63, 3.8) is 0 Å². The average molecular weight is 472 g/mol. The van der Waals surface area contributed by atoms with Crippen molar-refractivity contribution in [1.29, 1.82) is 0 Å². The van der Waals surface area contributed by atoms with Crippen molar-refractivity contribution in [3.8, 4) is 11.5 Å². The van der Waals surface area contributed by atoms with Crippen LogP contribution in [0, 0.1) is 0 Å². The number of hydrogen-bond donors (Lipinski definition) is 1. The molecule has 180 valence electrons. The topological polar surface area (TPSA) is 85.4 Å². The number of hydrazone groups is 1.